The molecule has 1 atom stereocenters. The summed E-state index contributed by atoms with van der Waals surface area (Å²) in [6.45, 7) is 3.10. The van der Waals surface area contributed by atoms with Gasteiger partial charge in [-0.25, -0.2) is 19.1 Å². The molecular formula is C19H22N4O4S2. The van der Waals surface area contributed by atoms with Crippen LogP contribution in [0.15, 0.2) is 20.8 Å². The molecule has 0 radical (unpaired) electrons. The number of thiazole rings is 1. The summed E-state index contributed by atoms with van der Waals surface area (Å²) in [5.74, 6) is 0.109. The highest BCUT2D eigenvalue weighted by molar-refractivity contribution is 7.93. The molecule has 154 valence electrons. The van der Waals surface area contributed by atoms with E-state index in [-0.39, 0.29) is 9.99 Å². The average Bonchev–Trinajstić information content (AvgIpc) is 3.32. The maximum absolute atomic E-state index is 12.8. The standard InChI is InChI=1S/C19H22N4O4S2/c1-19(2,26)17-21-9-15(28-17)29(20,27)23-18(25)22-13-8-10-4-3-5-11(10)16-12(13)6-7-14(16)24/h8-9,26H,3-7H2,1-2H3,(H3,20,22,23,25,27)/t29-/m0/s1. The first-order chi connectivity index (χ1) is 13.6. The van der Waals surface area contributed by atoms with Crippen LogP contribution in [0.5, 0.6) is 0 Å². The molecular weight excluding hydrogens is 412 g/mol. The molecule has 8 nitrogen and oxygen atoms in total. The third-order valence-electron chi connectivity index (χ3n) is 5.14. The second-order valence-electron chi connectivity index (χ2n) is 7.83. The summed E-state index contributed by atoms with van der Waals surface area (Å²) in [6, 6.07) is 1.06. The predicted molar refractivity (Wildman–Crippen MR) is 111 cm³/mol. The molecule has 0 unspecified atom stereocenters. The number of hydrogen-bond donors (Lipinski definition) is 3. The van der Waals surface area contributed by atoms with Crippen LogP contribution >= 0.6 is 11.3 Å². The monoisotopic (exact) mass is 434 g/mol. The van der Waals surface area contributed by atoms with Crippen LogP contribution < -0.4 is 10.5 Å². The van der Waals surface area contributed by atoms with E-state index >= 15 is 0 Å². The van der Waals surface area contributed by atoms with Crippen LogP contribution in [0.3, 0.4) is 0 Å². The van der Waals surface area contributed by atoms with E-state index in [1.54, 1.807) is 13.8 Å². The summed E-state index contributed by atoms with van der Waals surface area (Å²) < 4.78 is 16.6. The maximum atomic E-state index is 12.8. The molecule has 1 heterocycles. The molecule has 2 aliphatic carbocycles. The molecule has 10 heteroatoms. The van der Waals surface area contributed by atoms with Crippen LogP contribution in [0, 0.1) is 0 Å². The molecule has 2 amide bonds. The lowest BCUT2D eigenvalue weighted by Gasteiger charge is -2.13. The summed E-state index contributed by atoms with van der Waals surface area (Å²) >= 11 is 0.952. The molecule has 0 bridgehead atoms. The zero-order valence-electron chi connectivity index (χ0n) is 16.2. The summed E-state index contributed by atoms with van der Waals surface area (Å²) in [4.78, 5) is 28.9. The fourth-order valence-electron chi connectivity index (χ4n) is 3.84. The Kier molecular flexibility index (Phi) is 4.85. The smallest absolute Gasteiger partial charge is 0.354 e. The summed E-state index contributed by atoms with van der Waals surface area (Å²) in [5, 5.41) is 18.8. The Balaban J connectivity index is 1.65. The summed E-state index contributed by atoms with van der Waals surface area (Å²) in [7, 11) is -3.51. The van der Waals surface area contributed by atoms with Crippen molar-refractivity contribution >= 4 is 38.8 Å². The van der Waals surface area contributed by atoms with Crippen molar-refractivity contribution in [2.75, 3.05) is 5.32 Å². The van der Waals surface area contributed by atoms with Crippen LogP contribution in [-0.4, -0.2) is 26.1 Å². The van der Waals surface area contributed by atoms with Gasteiger partial charge in [-0.1, -0.05) is 0 Å². The van der Waals surface area contributed by atoms with E-state index in [4.69, 9.17) is 5.14 Å². The third-order valence-corrected chi connectivity index (χ3v) is 8.34. The van der Waals surface area contributed by atoms with E-state index in [2.05, 4.69) is 14.7 Å². The Labute approximate surface area is 172 Å². The lowest BCUT2D eigenvalue weighted by atomic mass is 9.97. The van der Waals surface area contributed by atoms with Crippen LogP contribution in [-0.2, 0) is 34.8 Å². The first kappa shape index (κ1) is 20.1. The number of aryl methyl sites for hydroxylation is 1. The number of aliphatic hydroxyl groups is 1. The molecule has 2 aliphatic rings. The van der Waals surface area contributed by atoms with Crippen molar-refractivity contribution in [1.29, 1.82) is 0 Å². The first-order valence-electron chi connectivity index (χ1n) is 9.31. The van der Waals surface area contributed by atoms with Gasteiger partial charge in [-0.2, -0.15) is 0 Å². The second-order valence-corrected chi connectivity index (χ2v) is 10.9. The van der Waals surface area contributed by atoms with Crippen molar-refractivity contribution in [2.24, 2.45) is 9.50 Å². The first-order valence-corrected chi connectivity index (χ1v) is 11.7. The number of urea groups is 1. The minimum atomic E-state index is -3.51. The Hall–Kier alpha value is -2.14. The number of rotatable bonds is 3. The quantitative estimate of drug-likeness (QED) is 0.683. The molecule has 2 aromatic rings. The molecule has 0 fully saturated rings. The maximum Gasteiger partial charge on any atom is 0.354 e. The number of carbonyl (C=O) groups excluding carboxylic acids is 2. The lowest BCUT2D eigenvalue weighted by Crippen LogP contribution is -2.18. The van der Waals surface area contributed by atoms with Gasteiger partial charge in [0.25, 0.3) is 0 Å². The number of nitrogens with one attached hydrogen (secondary N) is 1. The zero-order valence-corrected chi connectivity index (χ0v) is 17.8. The number of benzene rings is 1. The number of nitrogens with zero attached hydrogens (tertiary/aromatic N) is 2. The number of amides is 2. The Morgan fingerprint density at radius 2 is 2.07 bits per heavy atom. The molecule has 0 saturated carbocycles. The third kappa shape index (κ3) is 3.73. The van der Waals surface area contributed by atoms with Crippen LogP contribution in [0.25, 0.3) is 0 Å². The van der Waals surface area contributed by atoms with Gasteiger partial charge >= 0.3 is 6.03 Å². The summed E-state index contributed by atoms with van der Waals surface area (Å²) in [5.41, 5.74) is 3.06. The SMILES string of the molecule is CC(C)(O)c1ncc([S@@](N)(=O)=NC(=O)Nc2cc3c(c4c2CCC4=O)CCC3)s1. The molecule has 1 aromatic heterocycles. The summed E-state index contributed by atoms with van der Waals surface area (Å²) in [6.07, 6.45) is 5.00. The van der Waals surface area contributed by atoms with Gasteiger partial charge in [0.05, 0.1) is 6.20 Å². The van der Waals surface area contributed by atoms with E-state index in [0.717, 1.165) is 52.9 Å². The van der Waals surface area contributed by atoms with Crippen molar-refractivity contribution in [3.63, 3.8) is 0 Å². The van der Waals surface area contributed by atoms with Crippen molar-refractivity contribution < 1.29 is 18.9 Å². The van der Waals surface area contributed by atoms with Crippen LogP contribution in [0.4, 0.5) is 10.5 Å². The van der Waals surface area contributed by atoms with Gasteiger partial charge in [-0.05, 0) is 62.3 Å². The van der Waals surface area contributed by atoms with E-state index in [1.165, 1.54) is 6.20 Å². The van der Waals surface area contributed by atoms with Gasteiger partial charge in [0.1, 0.15) is 14.8 Å². The zero-order chi connectivity index (χ0) is 21.0. The lowest BCUT2D eigenvalue weighted by molar-refractivity contribution is 0.0782. The number of aromatic nitrogens is 1. The number of anilines is 1. The number of Topliss-reactive ketones (excluding diaryl/α,β-unsaturated/α-hetero) is 1. The highest BCUT2D eigenvalue weighted by Gasteiger charge is 2.30. The number of hydrogen-bond acceptors (Lipinski definition) is 6. The fraction of sp³-hybridized carbons (Fsp3) is 0.421. The van der Waals surface area contributed by atoms with Gasteiger partial charge in [0.2, 0.25) is 0 Å². The molecule has 1 aromatic carbocycles. The molecule has 0 spiro atoms. The number of carbonyl (C=O) groups is 2. The van der Waals surface area contributed by atoms with Gasteiger partial charge in [0.15, 0.2) is 15.7 Å². The van der Waals surface area contributed by atoms with Crippen molar-refractivity contribution in [1.82, 2.24) is 4.98 Å². The molecule has 4 rings (SSSR count). The van der Waals surface area contributed by atoms with E-state index in [1.807, 2.05) is 6.07 Å². The van der Waals surface area contributed by atoms with Gasteiger partial charge in [0, 0.05) is 17.7 Å². The van der Waals surface area contributed by atoms with E-state index < -0.39 is 21.5 Å². The Bertz CT molecular complexity index is 1150. The predicted octanol–water partition coefficient (Wildman–Crippen LogP) is 2.92. The molecule has 29 heavy (non-hydrogen) atoms. The highest BCUT2D eigenvalue weighted by Crippen LogP contribution is 2.38. The van der Waals surface area contributed by atoms with Crippen LogP contribution in [0.1, 0.15) is 58.7 Å². The number of fused-ring (bicyclic) bond motifs is 3. The Morgan fingerprint density at radius 3 is 2.76 bits per heavy atom. The van der Waals surface area contributed by atoms with E-state index in [0.29, 0.717) is 23.5 Å². The van der Waals surface area contributed by atoms with Crippen molar-refractivity contribution in [3.8, 4) is 0 Å². The van der Waals surface area contributed by atoms with Crippen molar-refractivity contribution in [2.45, 2.75) is 55.8 Å². The van der Waals surface area contributed by atoms with Crippen molar-refractivity contribution in [3.05, 3.63) is 39.5 Å². The molecule has 0 saturated heterocycles. The van der Waals surface area contributed by atoms with Gasteiger partial charge in [-0.3, -0.25) is 4.79 Å². The normalized spacial score (nSPS) is 17.6. The number of ketones is 1. The molecule has 4 N–H and O–H groups in total. The average molecular weight is 435 g/mol. The fourth-order valence-corrected chi connectivity index (χ4v) is 5.91. The van der Waals surface area contributed by atoms with Gasteiger partial charge in [-0.15, -0.1) is 15.7 Å². The molecule has 0 aliphatic heterocycles. The minimum absolute atomic E-state index is 0.109. The van der Waals surface area contributed by atoms with Crippen LogP contribution in [0.2, 0.25) is 0 Å². The minimum Gasteiger partial charge on any atom is -0.383 e. The number of nitrogens with two attached hydrogens (primary N) is 1. The second kappa shape index (κ2) is 6.98. The van der Waals surface area contributed by atoms with Gasteiger partial charge < -0.3 is 10.4 Å². The highest BCUT2D eigenvalue weighted by atomic mass is 32.2. The largest absolute Gasteiger partial charge is 0.383 e. The van der Waals surface area contributed by atoms with E-state index in [9.17, 15) is 18.9 Å². The Morgan fingerprint density at radius 1 is 1.31 bits per heavy atom. The topological polar surface area (TPSA) is 135 Å².